The molecule has 0 aromatic rings. The van der Waals surface area contributed by atoms with Crippen molar-refractivity contribution < 1.29 is 14.3 Å². The number of amides is 1. The first kappa shape index (κ1) is 15.6. The predicted octanol–water partition coefficient (Wildman–Crippen LogP) is 3.59. The van der Waals surface area contributed by atoms with Crippen LogP contribution in [0.5, 0.6) is 0 Å². The molecule has 2 rings (SSSR count). The molecule has 1 unspecified atom stereocenters. The van der Waals surface area contributed by atoms with Crippen LogP contribution in [0.15, 0.2) is 0 Å². The first-order chi connectivity index (χ1) is 8.99. The third-order valence-corrected chi connectivity index (χ3v) is 5.87. The summed E-state index contributed by atoms with van der Waals surface area (Å²) in [6.45, 7) is 15.8. The monoisotopic (exact) mass is 283 g/mol. The maximum absolute atomic E-state index is 12.3. The Kier molecular flexibility index (Phi) is 3.40. The van der Waals surface area contributed by atoms with Crippen LogP contribution in [-0.4, -0.2) is 40.9 Å². The highest BCUT2D eigenvalue weighted by molar-refractivity contribution is 5.69. The van der Waals surface area contributed by atoms with E-state index in [4.69, 9.17) is 9.47 Å². The minimum Gasteiger partial charge on any atom is -0.450 e. The number of piperidine rings is 1. The SMILES string of the molecule is CCOC(=O)N1CC2(CCC1(C)C)OC(C)(C)C2(C)C. The summed E-state index contributed by atoms with van der Waals surface area (Å²) in [5.41, 5.74) is -0.508. The molecule has 4 nitrogen and oxygen atoms in total. The summed E-state index contributed by atoms with van der Waals surface area (Å²) in [6, 6.07) is 0. The van der Waals surface area contributed by atoms with Gasteiger partial charge in [0.15, 0.2) is 0 Å². The van der Waals surface area contributed by atoms with E-state index in [9.17, 15) is 4.79 Å². The van der Waals surface area contributed by atoms with Gasteiger partial charge < -0.3 is 14.4 Å². The minimum absolute atomic E-state index is 0.0429. The fourth-order valence-electron chi connectivity index (χ4n) is 3.54. The maximum Gasteiger partial charge on any atom is 0.410 e. The lowest BCUT2D eigenvalue weighted by Gasteiger charge is -2.70. The number of ether oxygens (including phenoxy) is 2. The number of nitrogens with zero attached hydrogens (tertiary/aromatic N) is 1. The summed E-state index contributed by atoms with van der Waals surface area (Å²) in [6.07, 6.45) is 1.71. The van der Waals surface area contributed by atoms with Gasteiger partial charge in [-0.05, 0) is 47.5 Å². The van der Waals surface area contributed by atoms with Crippen LogP contribution in [0.4, 0.5) is 4.79 Å². The van der Waals surface area contributed by atoms with Gasteiger partial charge in [0.05, 0.1) is 24.4 Å². The van der Waals surface area contributed by atoms with Crippen LogP contribution in [-0.2, 0) is 9.47 Å². The predicted molar refractivity (Wildman–Crippen MR) is 78.7 cm³/mol. The van der Waals surface area contributed by atoms with Gasteiger partial charge in [0.25, 0.3) is 0 Å². The lowest BCUT2D eigenvalue weighted by atomic mass is 9.55. The normalized spacial score (nSPS) is 33.6. The van der Waals surface area contributed by atoms with Crippen LogP contribution in [0, 0.1) is 5.41 Å². The van der Waals surface area contributed by atoms with Crippen molar-refractivity contribution >= 4 is 6.09 Å². The third-order valence-electron chi connectivity index (χ3n) is 5.87. The smallest absolute Gasteiger partial charge is 0.410 e. The fraction of sp³-hybridized carbons (Fsp3) is 0.938. The Morgan fingerprint density at radius 2 is 1.75 bits per heavy atom. The van der Waals surface area contributed by atoms with E-state index in [1.165, 1.54) is 0 Å². The molecule has 1 spiro atoms. The Morgan fingerprint density at radius 3 is 2.20 bits per heavy atom. The van der Waals surface area contributed by atoms with Crippen molar-refractivity contribution in [1.29, 1.82) is 0 Å². The minimum atomic E-state index is -0.237. The molecule has 0 bridgehead atoms. The van der Waals surface area contributed by atoms with E-state index in [0.29, 0.717) is 13.2 Å². The molecule has 2 saturated heterocycles. The molecule has 2 heterocycles. The number of rotatable bonds is 1. The molecule has 20 heavy (non-hydrogen) atoms. The first-order valence-corrected chi connectivity index (χ1v) is 7.64. The zero-order valence-corrected chi connectivity index (χ0v) is 14.0. The molecule has 2 fully saturated rings. The van der Waals surface area contributed by atoms with Crippen molar-refractivity contribution in [2.75, 3.05) is 13.2 Å². The molecule has 0 saturated carbocycles. The molecule has 0 radical (unpaired) electrons. The third kappa shape index (κ3) is 1.95. The summed E-state index contributed by atoms with van der Waals surface area (Å²) in [7, 11) is 0. The van der Waals surface area contributed by atoms with E-state index in [0.717, 1.165) is 12.8 Å². The van der Waals surface area contributed by atoms with E-state index in [1.807, 2.05) is 11.8 Å². The van der Waals surface area contributed by atoms with Crippen LogP contribution >= 0.6 is 0 Å². The summed E-state index contributed by atoms with van der Waals surface area (Å²) in [5.74, 6) is 0. The van der Waals surface area contributed by atoms with E-state index in [1.54, 1.807) is 0 Å². The second-order valence-electron chi connectivity index (χ2n) is 7.83. The van der Waals surface area contributed by atoms with Gasteiger partial charge in [-0.3, -0.25) is 0 Å². The molecule has 116 valence electrons. The standard InChI is InChI=1S/C16H29NO3/c1-8-19-12(18)17-11-16(10-9-13(17,2)3)14(4,5)15(6,7)20-16/h8-11H2,1-7H3. The highest BCUT2D eigenvalue weighted by atomic mass is 16.6. The number of carbonyl (C=O) groups excluding carboxylic acids is 1. The Balaban J connectivity index is 2.24. The van der Waals surface area contributed by atoms with E-state index >= 15 is 0 Å². The molecule has 2 aliphatic rings. The largest absolute Gasteiger partial charge is 0.450 e. The Morgan fingerprint density at radius 1 is 1.15 bits per heavy atom. The lowest BCUT2D eigenvalue weighted by molar-refractivity contribution is -0.370. The quantitative estimate of drug-likeness (QED) is 0.738. The van der Waals surface area contributed by atoms with Gasteiger partial charge in [-0.25, -0.2) is 4.79 Å². The average molecular weight is 283 g/mol. The summed E-state index contributed by atoms with van der Waals surface area (Å²) in [4.78, 5) is 14.1. The molecule has 1 atom stereocenters. The fourth-order valence-corrected chi connectivity index (χ4v) is 3.54. The number of hydrogen-bond donors (Lipinski definition) is 0. The average Bonchev–Trinajstić information content (AvgIpc) is 2.31. The lowest BCUT2D eigenvalue weighted by Crippen LogP contribution is -2.78. The summed E-state index contributed by atoms with van der Waals surface area (Å²) >= 11 is 0. The number of hydrogen-bond acceptors (Lipinski definition) is 3. The number of carbonyl (C=O) groups is 1. The van der Waals surface area contributed by atoms with E-state index < -0.39 is 0 Å². The van der Waals surface area contributed by atoms with Crippen molar-refractivity contribution in [1.82, 2.24) is 4.90 Å². The van der Waals surface area contributed by atoms with Crippen LogP contribution in [0.2, 0.25) is 0 Å². The van der Waals surface area contributed by atoms with Crippen molar-refractivity contribution in [3.05, 3.63) is 0 Å². The molecule has 4 heteroatoms. The molecule has 0 aliphatic carbocycles. The Labute approximate surface area is 122 Å². The second kappa shape index (κ2) is 4.36. The highest BCUT2D eigenvalue weighted by Gasteiger charge is 2.68. The zero-order chi connectivity index (χ0) is 15.4. The van der Waals surface area contributed by atoms with Gasteiger partial charge in [-0.15, -0.1) is 0 Å². The topological polar surface area (TPSA) is 38.8 Å². The van der Waals surface area contributed by atoms with Crippen molar-refractivity contribution in [2.24, 2.45) is 5.41 Å². The molecule has 2 aliphatic heterocycles. The maximum atomic E-state index is 12.3. The zero-order valence-electron chi connectivity index (χ0n) is 14.0. The molecule has 1 amide bonds. The number of likely N-dealkylation sites (tertiary alicyclic amines) is 1. The van der Waals surface area contributed by atoms with Crippen molar-refractivity contribution in [3.8, 4) is 0 Å². The van der Waals surface area contributed by atoms with Crippen molar-refractivity contribution in [3.63, 3.8) is 0 Å². The molecular formula is C16H29NO3. The molecule has 0 aromatic carbocycles. The second-order valence-corrected chi connectivity index (χ2v) is 7.83. The Bertz CT molecular complexity index is 414. The molecule has 0 aromatic heterocycles. The van der Waals surface area contributed by atoms with Crippen LogP contribution in [0.25, 0.3) is 0 Å². The van der Waals surface area contributed by atoms with Crippen molar-refractivity contribution in [2.45, 2.75) is 78.0 Å². The summed E-state index contributed by atoms with van der Waals surface area (Å²) in [5, 5.41) is 0. The van der Waals surface area contributed by atoms with Gasteiger partial charge in [0, 0.05) is 11.0 Å². The van der Waals surface area contributed by atoms with Crippen LogP contribution in [0.1, 0.15) is 61.3 Å². The van der Waals surface area contributed by atoms with Gasteiger partial charge in [0.1, 0.15) is 0 Å². The van der Waals surface area contributed by atoms with E-state index in [-0.39, 0.29) is 28.2 Å². The van der Waals surface area contributed by atoms with Crippen LogP contribution < -0.4 is 0 Å². The van der Waals surface area contributed by atoms with Gasteiger partial charge >= 0.3 is 6.09 Å². The first-order valence-electron chi connectivity index (χ1n) is 7.64. The summed E-state index contributed by atoms with van der Waals surface area (Å²) < 4.78 is 11.5. The Hall–Kier alpha value is -0.770. The molecular weight excluding hydrogens is 254 g/mol. The molecule has 0 N–H and O–H groups in total. The van der Waals surface area contributed by atoms with Gasteiger partial charge in [0.2, 0.25) is 0 Å². The van der Waals surface area contributed by atoms with E-state index in [2.05, 4.69) is 41.5 Å². The highest BCUT2D eigenvalue weighted by Crippen LogP contribution is 2.61. The van der Waals surface area contributed by atoms with Crippen LogP contribution in [0.3, 0.4) is 0 Å². The van der Waals surface area contributed by atoms with Gasteiger partial charge in [-0.1, -0.05) is 13.8 Å². The van der Waals surface area contributed by atoms with Gasteiger partial charge in [-0.2, -0.15) is 0 Å².